The van der Waals surface area contributed by atoms with Crippen molar-refractivity contribution in [1.82, 2.24) is 10.3 Å². The van der Waals surface area contributed by atoms with E-state index in [4.69, 9.17) is 11.6 Å². The Morgan fingerprint density at radius 2 is 2.03 bits per heavy atom. The number of thiophene rings is 1. The minimum atomic E-state index is 0.0520. The van der Waals surface area contributed by atoms with Crippen LogP contribution in [0.5, 0.6) is 0 Å². The van der Waals surface area contributed by atoms with Crippen molar-refractivity contribution >= 4 is 40.4 Å². The largest absolute Gasteiger partial charge is 0.355 e. The molecule has 29 heavy (non-hydrogen) atoms. The number of aromatic nitrogens is 1. The molecule has 1 aromatic carbocycles. The van der Waals surface area contributed by atoms with Gasteiger partial charge in [-0.3, -0.25) is 4.79 Å². The molecular weight excluding hydrogens is 404 g/mol. The fourth-order valence-corrected chi connectivity index (χ4v) is 5.24. The predicted molar refractivity (Wildman–Crippen MR) is 119 cm³/mol. The topological polar surface area (TPSA) is 48.5 Å². The van der Waals surface area contributed by atoms with Gasteiger partial charge in [0.05, 0.1) is 23.3 Å². The number of hydrogen-bond acceptors (Lipinski definition) is 5. The van der Waals surface area contributed by atoms with Crippen molar-refractivity contribution in [3.8, 4) is 10.4 Å². The molecule has 2 aliphatic rings. The summed E-state index contributed by atoms with van der Waals surface area (Å²) in [6.07, 6.45) is 2.94. The standard InChI is InChI=1S/C22H21ClN4OS/c1-24-17-8-9-26(13-17)20-7-6-18(11-25-20)27-12-15-10-19(29-21(15)22(27)28)14-2-4-16(23)5-3-14/h2-7,10-11,17,24H,8-9,12-13H2,1H3. The highest BCUT2D eigenvalue weighted by atomic mass is 35.5. The van der Waals surface area contributed by atoms with Gasteiger partial charge in [-0.15, -0.1) is 11.3 Å². The molecule has 1 atom stereocenters. The molecule has 0 saturated carbocycles. The van der Waals surface area contributed by atoms with Crippen LogP contribution in [0, 0.1) is 0 Å². The van der Waals surface area contributed by atoms with Crippen LogP contribution < -0.4 is 15.1 Å². The van der Waals surface area contributed by atoms with Gasteiger partial charge in [0.1, 0.15) is 5.82 Å². The van der Waals surface area contributed by atoms with Gasteiger partial charge in [0.15, 0.2) is 0 Å². The molecule has 1 unspecified atom stereocenters. The first-order chi connectivity index (χ1) is 14.1. The molecule has 2 aromatic heterocycles. The number of nitrogens with one attached hydrogen (secondary N) is 1. The van der Waals surface area contributed by atoms with E-state index in [1.54, 1.807) is 11.3 Å². The maximum Gasteiger partial charge on any atom is 0.269 e. The maximum absolute atomic E-state index is 13.0. The van der Waals surface area contributed by atoms with Crippen LogP contribution in [0.4, 0.5) is 11.5 Å². The summed E-state index contributed by atoms with van der Waals surface area (Å²) < 4.78 is 0. The van der Waals surface area contributed by atoms with Gasteiger partial charge >= 0.3 is 0 Å². The number of fused-ring (bicyclic) bond motifs is 1. The Labute approximate surface area is 178 Å². The van der Waals surface area contributed by atoms with Gasteiger partial charge in [-0.1, -0.05) is 23.7 Å². The predicted octanol–water partition coefficient (Wildman–Crippen LogP) is 4.42. The lowest BCUT2D eigenvalue weighted by molar-refractivity contribution is 0.1000. The van der Waals surface area contributed by atoms with E-state index in [1.807, 2.05) is 54.5 Å². The third-order valence-electron chi connectivity index (χ3n) is 5.67. The zero-order valence-corrected chi connectivity index (χ0v) is 17.6. The number of pyridine rings is 1. The van der Waals surface area contributed by atoms with Crippen molar-refractivity contribution in [2.45, 2.75) is 19.0 Å². The fourth-order valence-electron chi connectivity index (χ4n) is 3.99. The molecule has 1 fully saturated rings. The van der Waals surface area contributed by atoms with Gasteiger partial charge < -0.3 is 15.1 Å². The number of likely N-dealkylation sites (N-methyl/N-ethyl adjacent to an activating group) is 1. The third kappa shape index (κ3) is 3.41. The van der Waals surface area contributed by atoms with Gasteiger partial charge in [0.25, 0.3) is 5.91 Å². The van der Waals surface area contributed by atoms with E-state index in [9.17, 15) is 4.79 Å². The molecule has 5 rings (SSSR count). The molecule has 148 valence electrons. The molecule has 5 nitrogen and oxygen atoms in total. The Kier molecular flexibility index (Phi) is 4.78. The summed E-state index contributed by atoms with van der Waals surface area (Å²) in [7, 11) is 2.00. The van der Waals surface area contributed by atoms with Crippen molar-refractivity contribution in [2.75, 3.05) is 29.9 Å². The summed E-state index contributed by atoms with van der Waals surface area (Å²) in [5, 5.41) is 4.04. The minimum Gasteiger partial charge on any atom is -0.355 e. The number of halogens is 1. The molecule has 7 heteroatoms. The van der Waals surface area contributed by atoms with Gasteiger partial charge in [-0.25, -0.2) is 4.98 Å². The lowest BCUT2D eigenvalue weighted by Crippen LogP contribution is -2.30. The normalized spacial score (nSPS) is 18.6. The SMILES string of the molecule is CNC1CCN(c2ccc(N3Cc4cc(-c5ccc(Cl)cc5)sc4C3=O)cn2)C1. The molecule has 0 bridgehead atoms. The Bertz CT molecular complexity index is 1050. The Balaban J connectivity index is 1.33. The summed E-state index contributed by atoms with van der Waals surface area (Å²) >= 11 is 7.53. The van der Waals surface area contributed by atoms with E-state index in [2.05, 4.69) is 21.3 Å². The van der Waals surface area contributed by atoms with E-state index in [0.29, 0.717) is 17.6 Å². The van der Waals surface area contributed by atoms with Crippen LogP contribution in [0.1, 0.15) is 21.7 Å². The van der Waals surface area contributed by atoms with Crippen LogP contribution in [-0.2, 0) is 6.54 Å². The van der Waals surface area contributed by atoms with E-state index in [0.717, 1.165) is 51.9 Å². The van der Waals surface area contributed by atoms with E-state index >= 15 is 0 Å². The summed E-state index contributed by atoms with van der Waals surface area (Å²) in [6, 6.07) is 14.4. The maximum atomic E-state index is 13.0. The number of rotatable bonds is 4. The molecule has 4 heterocycles. The van der Waals surface area contributed by atoms with Gasteiger partial charge in [0.2, 0.25) is 0 Å². The van der Waals surface area contributed by atoms with Gasteiger partial charge in [-0.05, 0) is 54.9 Å². The van der Waals surface area contributed by atoms with Gasteiger partial charge in [0, 0.05) is 29.0 Å². The van der Waals surface area contributed by atoms with Crippen LogP contribution in [0.3, 0.4) is 0 Å². The Hall–Kier alpha value is -2.41. The van der Waals surface area contributed by atoms with E-state index in [1.165, 1.54) is 0 Å². The average Bonchev–Trinajstić information content (AvgIpc) is 3.45. The number of benzene rings is 1. The smallest absolute Gasteiger partial charge is 0.269 e. The fraction of sp³-hybridized carbons (Fsp3) is 0.273. The zero-order chi connectivity index (χ0) is 20.0. The Morgan fingerprint density at radius 1 is 1.21 bits per heavy atom. The molecule has 0 aliphatic carbocycles. The Morgan fingerprint density at radius 3 is 2.69 bits per heavy atom. The lowest BCUT2D eigenvalue weighted by Gasteiger charge is -2.20. The molecule has 0 spiro atoms. The van der Waals surface area contributed by atoms with Crippen molar-refractivity contribution in [3.05, 3.63) is 64.1 Å². The van der Waals surface area contributed by atoms with Crippen LogP contribution in [-0.4, -0.2) is 37.1 Å². The highest BCUT2D eigenvalue weighted by Gasteiger charge is 2.32. The van der Waals surface area contributed by atoms with E-state index < -0.39 is 0 Å². The molecule has 0 radical (unpaired) electrons. The van der Waals surface area contributed by atoms with Crippen LogP contribution >= 0.6 is 22.9 Å². The molecule has 1 N–H and O–H groups in total. The van der Waals surface area contributed by atoms with Crippen molar-refractivity contribution < 1.29 is 4.79 Å². The van der Waals surface area contributed by atoms with Crippen molar-refractivity contribution in [3.63, 3.8) is 0 Å². The molecular formula is C22H21ClN4OS. The first-order valence-corrected chi connectivity index (χ1v) is 10.9. The second-order valence-corrected chi connectivity index (χ2v) is 8.95. The van der Waals surface area contributed by atoms with Crippen molar-refractivity contribution in [1.29, 1.82) is 0 Å². The number of hydrogen-bond donors (Lipinski definition) is 1. The minimum absolute atomic E-state index is 0.0520. The summed E-state index contributed by atoms with van der Waals surface area (Å²) in [5.41, 5.74) is 3.01. The van der Waals surface area contributed by atoms with Crippen LogP contribution in [0.15, 0.2) is 48.7 Å². The number of anilines is 2. The second-order valence-electron chi connectivity index (χ2n) is 7.46. The van der Waals surface area contributed by atoms with E-state index in [-0.39, 0.29) is 5.91 Å². The number of carbonyl (C=O) groups excluding carboxylic acids is 1. The van der Waals surface area contributed by atoms with Crippen LogP contribution in [0.2, 0.25) is 5.02 Å². The van der Waals surface area contributed by atoms with Gasteiger partial charge in [-0.2, -0.15) is 0 Å². The van der Waals surface area contributed by atoms with Crippen LogP contribution in [0.25, 0.3) is 10.4 Å². The first-order valence-electron chi connectivity index (χ1n) is 9.71. The number of carbonyl (C=O) groups is 1. The average molecular weight is 425 g/mol. The quantitative estimate of drug-likeness (QED) is 0.673. The molecule has 2 aliphatic heterocycles. The van der Waals surface area contributed by atoms with Crippen molar-refractivity contribution in [2.24, 2.45) is 0 Å². The number of nitrogens with zero attached hydrogens (tertiary/aromatic N) is 3. The second kappa shape index (κ2) is 7.44. The lowest BCUT2D eigenvalue weighted by atomic mass is 10.1. The molecule has 1 saturated heterocycles. The number of amides is 1. The first kappa shape index (κ1) is 18.6. The summed E-state index contributed by atoms with van der Waals surface area (Å²) in [5.74, 6) is 1.02. The zero-order valence-electron chi connectivity index (χ0n) is 16.1. The molecule has 3 aromatic rings. The third-order valence-corrected chi connectivity index (χ3v) is 7.14. The highest BCUT2D eigenvalue weighted by molar-refractivity contribution is 7.17. The highest BCUT2D eigenvalue weighted by Crippen LogP contribution is 2.38. The summed E-state index contributed by atoms with van der Waals surface area (Å²) in [6.45, 7) is 2.56. The molecule has 1 amide bonds. The monoisotopic (exact) mass is 424 g/mol. The summed E-state index contributed by atoms with van der Waals surface area (Å²) in [4.78, 5) is 23.6.